The Morgan fingerprint density at radius 1 is 0.909 bits per heavy atom. The molecule has 0 heterocycles. The van der Waals surface area contributed by atoms with Crippen molar-refractivity contribution in [1.29, 1.82) is 0 Å². The number of carbonyl (C=O) groups is 1. The topological polar surface area (TPSA) is 47.6 Å². The quantitative estimate of drug-likeness (QED) is 0.374. The molecule has 2 atom stereocenters. The van der Waals surface area contributed by atoms with Crippen LogP contribution in [0.25, 0.3) is 0 Å². The summed E-state index contributed by atoms with van der Waals surface area (Å²) in [6, 6.07) is 24.7. The lowest BCUT2D eigenvalue weighted by Gasteiger charge is -2.16. The van der Waals surface area contributed by atoms with Crippen molar-refractivity contribution in [2.75, 3.05) is 6.61 Å². The van der Waals surface area contributed by atoms with E-state index < -0.39 is 0 Å². The first-order valence-electron chi connectivity index (χ1n) is 11.8. The average Bonchev–Trinajstić information content (AvgIpc) is 3.63. The fourth-order valence-electron chi connectivity index (χ4n) is 3.93. The van der Waals surface area contributed by atoms with Crippen LogP contribution in [0, 0.1) is 5.92 Å². The second-order valence-corrected chi connectivity index (χ2v) is 9.17. The lowest BCUT2D eigenvalue weighted by molar-refractivity contribution is -0.119. The summed E-state index contributed by atoms with van der Waals surface area (Å²) in [4.78, 5) is 11.3. The molecule has 2 unspecified atom stereocenters. The molecule has 4 heteroatoms. The second kappa shape index (κ2) is 10.6. The molecule has 0 aromatic heterocycles. The molecule has 0 aliphatic heterocycles. The van der Waals surface area contributed by atoms with E-state index in [0.717, 1.165) is 41.8 Å². The van der Waals surface area contributed by atoms with E-state index in [1.165, 1.54) is 24.0 Å². The van der Waals surface area contributed by atoms with Crippen molar-refractivity contribution in [2.45, 2.75) is 52.0 Å². The number of benzene rings is 3. The molecule has 1 fully saturated rings. The molecule has 4 rings (SSSR count). The lowest BCUT2D eigenvalue weighted by atomic mass is 9.93. The van der Waals surface area contributed by atoms with Crippen LogP contribution in [0.4, 0.5) is 0 Å². The van der Waals surface area contributed by atoms with E-state index >= 15 is 0 Å². The zero-order chi connectivity index (χ0) is 23.2. The van der Waals surface area contributed by atoms with E-state index in [-0.39, 0.29) is 11.9 Å². The monoisotopic (exact) mass is 443 g/mol. The summed E-state index contributed by atoms with van der Waals surface area (Å²) < 4.78 is 11.9. The molecule has 0 bridgehead atoms. The molecular weight excluding hydrogens is 410 g/mol. The molecule has 1 N–H and O–H groups in total. The van der Waals surface area contributed by atoms with Gasteiger partial charge in [-0.05, 0) is 79.0 Å². The average molecular weight is 444 g/mol. The Balaban J connectivity index is 1.32. The van der Waals surface area contributed by atoms with Crippen LogP contribution < -0.4 is 14.8 Å². The first-order chi connectivity index (χ1) is 16.0. The van der Waals surface area contributed by atoms with Crippen LogP contribution in [0.15, 0.2) is 72.8 Å². The Morgan fingerprint density at radius 3 is 2.24 bits per heavy atom. The summed E-state index contributed by atoms with van der Waals surface area (Å²) in [5.41, 5.74) is 3.68. The van der Waals surface area contributed by atoms with Gasteiger partial charge in [0.25, 0.3) is 0 Å². The number of amides is 1. The predicted molar refractivity (Wildman–Crippen MR) is 132 cm³/mol. The van der Waals surface area contributed by atoms with Crippen molar-refractivity contribution >= 4 is 5.91 Å². The predicted octanol–water partition coefficient (Wildman–Crippen LogP) is 6.81. The normalized spacial score (nSPS) is 14.9. The number of nitrogens with one attached hydrogen (secondary N) is 1. The Bertz CT molecular complexity index is 1050. The summed E-state index contributed by atoms with van der Waals surface area (Å²) in [6.45, 7) is 6.59. The Morgan fingerprint density at radius 2 is 1.58 bits per heavy atom. The second-order valence-electron chi connectivity index (χ2n) is 9.17. The van der Waals surface area contributed by atoms with E-state index in [9.17, 15) is 4.79 Å². The van der Waals surface area contributed by atoms with Gasteiger partial charge in [0.15, 0.2) is 0 Å². The largest absolute Gasteiger partial charge is 0.493 e. The molecule has 3 aromatic carbocycles. The maximum atomic E-state index is 11.3. The van der Waals surface area contributed by atoms with Crippen LogP contribution in [0.3, 0.4) is 0 Å². The Kier molecular flexibility index (Phi) is 7.33. The van der Waals surface area contributed by atoms with Gasteiger partial charge in [0, 0.05) is 13.0 Å². The van der Waals surface area contributed by atoms with Gasteiger partial charge < -0.3 is 14.8 Å². The minimum absolute atomic E-state index is 0.0118. The van der Waals surface area contributed by atoms with Crippen LogP contribution >= 0.6 is 0 Å². The maximum absolute atomic E-state index is 11.3. The number of rotatable bonds is 10. The van der Waals surface area contributed by atoms with Crippen molar-refractivity contribution in [3.05, 3.63) is 89.5 Å². The minimum Gasteiger partial charge on any atom is -0.493 e. The van der Waals surface area contributed by atoms with Crippen molar-refractivity contribution < 1.29 is 14.3 Å². The standard InChI is InChI=1S/C29H33NO3/c1-20(17-23-9-11-26(12-10-23)21(2)30-22(3)31)25-13-15-27(16-14-25)33-29-6-4-5-28(18-29)32-19-24-7-8-24/h4-6,9-16,18,20-21,24H,7-8,17,19H2,1-3H3,(H,30,31). The van der Waals surface area contributed by atoms with E-state index in [4.69, 9.17) is 9.47 Å². The van der Waals surface area contributed by atoms with Crippen LogP contribution in [0.1, 0.15) is 62.3 Å². The summed E-state index contributed by atoms with van der Waals surface area (Å²) in [6.07, 6.45) is 3.52. The van der Waals surface area contributed by atoms with Crippen molar-refractivity contribution in [3.8, 4) is 17.2 Å². The van der Waals surface area contributed by atoms with Gasteiger partial charge in [-0.15, -0.1) is 0 Å². The fourth-order valence-corrected chi connectivity index (χ4v) is 3.93. The number of carbonyl (C=O) groups excluding carboxylic acids is 1. The molecule has 33 heavy (non-hydrogen) atoms. The van der Waals surface area contributed by atoms with Crippen LogP contribution in [-0.4, -0.2) is 12.5 Å². The molecule has 0 radical (unpaired) electrons. The van der Waals surface area contributed by atoms with E-state index in [1.807, 2.05) is 43.3 Å². The van der Waals surface area contributed by atoms with Crippen molar-refractivity contribution in [3.63, 3.8) is 0 Å². The highest BCUT2D eigenvalue weighted by Crippen LogP contribution is 2.31. The summed E-state index contributed by atoms with van der Waals surface area (Å²) >= 11 is 0. The Labute approximate surface area is 196 Å². The van der Waals surface area contributed by atoms with Crippen LogP contribution in [0.2, 0.25) is 0 Å². The third-order valence-electron chi connectivity index (χ3n) is 6.11. The third-order valence-corrected chi connectivity index (χ3v) is 6.11. The van der Waals surface area contributed by atoms with E-state index in [0.29, 0.717) is 5.92 Å². The highest BCUT2D eigenvalue weighted by Gasteiger charge is 2.21. The first kappa shape index (κ1) is 22.9. The molecule has 1 aliphatic carbocycles. The highest BCUT2D eigenvalue weighted by atomic mass is 16.5. The van der Waals surface area contributed by atoms with Gasteiger partial charge in [-0.1, -0.05) is 49.4 Å². The van der Waals surface area contributed by atoms with Gasteiger partial charge in [0.1, 0.15) is 17.2 Å². The number of hydrogen-bond acceptors (Lipinski definition) is 3. The van der Waals surface area contributed by atoms with Gasteiger partial charge in [-0.3, -0.25) is 4.79 Å². The van der Waals surface area contributed by atoms with Crippen molar-refractivity contribution in [2.24, 2.45) is 5.92 Å². The van der Waals surface area contributed by atoms with Gasteiger partial charge in [-0.25, -0.2) is 0 Å². The smallest absolute Gasteiger partial charge is 0.217 e. The number of hydrogen-bond donors (Lipinski definition) is 1. The molecular formula is C29H33NO3. The van der Waals surface area contributed by atoms with Crippen molar-refractivity contribution in [1.82, 2.24) is 5.32 Å². The SMILES string of the molecule is CC(=O)NC(C)c1ccc(CC(C)c2ccc(Oc3cccc(OCC4CC4)c3)cc2)cc1. The molecule has 4 nitrogen and oxygen atoms in total. The highest BCUT2D eigenvalue weighted by molar-refractivity contribution is 5.73. The molecule has 1 saturated carbocycles. The third kappa shape index (κ3) is 6.85. The molecule has 3 aromatic rings. The summed E-state index contributed by atoms with van der Waals surface area (Å²) in [7, 11) is 0. The first-order valence-corrected chi connectivity index (χ1v) is 11.8. The van der Waals surface area contributed by atoms with Gasteiger partial charge in [0.2, 0.25) is 5.91 Å². The molecule has 172 valence electrons. The lowest BCUT2D eigenvalue weighted by Crippen LogP contribution is -2.23. The summed E-state index contributed by atoms with van der Waals surface area (Å²) in [5, 5.41) is 2.93. The van der Waals surface area contributed by atoms with Gasteiger partial charge in [0.05, 0.1) is 12.6 Å². The Hall–Kier alpha value is -3.27. The van der Waals surface area contributed by atoms with E-state index in [2.05, 4.69) is 48.6 Å². The maximum Gasteiger partial charge on any atom is 0.217 e. The molecule has 0 spiro atoms. The molecule has 0 saturated heterocycles. The molecule has 1 aliphatic rings. The fraction of sp³-hybridized carbons (Fsp3) is 0.345. The number of ether oxygens (including phenoxy) is 2. The molecule has 1 amide bonds. The zero-order valence-corrected chi connectivity index (χ0v) is 19.7. The summed E-state index contributed by atoms with van der Waals surface area (Å²) in [5.74, 6) is 3.58. The van der Waals surface area contributed by atoms with Gasteiger partial charge >= 0.3 is 0 Å². The zero-order valence-electron chi connectivity index (χ0n) is 19.7. The van der Waals surface area contributed by atoms with Gasteiger partial charge in [-0.2, -0.15) is 0 Å². The van der Waals surface area contributed by atoms with E-state index in [1.54, 1.807) is 6.92 Å². The van der Waals surface area contributed by atoms with Crippen LogP contribution in [-0.2, 0) is 11.2 Å². The minimum atomic E-state index is -0.0118. The van der Waals surface area contributed by atoms with Crippen LogP contribution in [0.5, 0.6) is 17.2 Å².